The molecule has 1 aromatic carbocycles. The third-order valence-corrected chi connectivity index (χ3v) is 3.31. The van der Waals surface area contributed by atoms with E-state index in [1.54, 1.807) is 12.0 Å². The zero-order valence-corrected chi connectivity index (χ0v) is 11.3. The molecule has 1 aliphatic rings. The Morgan fingerprint density at radius 3 is 2.94 bits per heavy atom. The van der Waals surface area contributed by atoms with Crippen molar-refractivity contribution in [3.05, 3.63) is 34.9 Å². The van der Waals surface area contributed by atoms with Gasteiger partial charge in [0.25, 0.3) is 0 Å². The number of rotatable bonds is 4. The maximum atomic E-state index is 12.1. The van der Waals surface area contributed by atoms with Gasteiger partial charge in [0, 0.05) is 18.7 Å². The average molecular weight is 269 g/mol. The molecule has 2 atom stereocenters. The molecule has 1 saturated heterocycles. The van der Waals surface area contributed by atoms with E-state index in [1.807, 2.05) is 31.2 Å². The standard InChI is InChI=1S/C13H17ClN2O2/c1-9-13(17)16(6-7-18-2)12(15-9)10-4-3-5-11(14)8-10/h3-5,8-9,12,15H,6-7H2,1-2H3. The van der Waals surface area contributed by atoms with Gasteiger partial charge in [-0.2, -0.15) is 0 Å². The number of ether oxygens (including phenoxy) is 1. The van der Waals surface area contributed by atoms with Crippen molar-refractivity contribution in [1.82, 2.24) is 10.2 Å². The van der Waals surface area contributed by atoms with Crippen LogP contribution in [0.5, 0.6) is 0 Å². The Hall–Kier alpha value is -1.10. The molecule has 1 amide bonds. The molecule has 1 N–H and O–H groups in total. The van der Waals surface area contributed by atoms with Gasteiger partial charge in [-0.1, -0.05) is 23.7 Å². The molecule has 4 nitrogen and oxygen atoms in total. The number of halogens is 1. The maximum Gasteiger partial charge on any atom is 0.241 e. The average Bonchev–Trinajstić information content (AvgIpc) is 2.64. The van der Waals surface area contributed by atoms with Gasteiger partial charge in [0.05, 0.1) is 12.6 Å². The Morgan fingerprint density at radius 1 is 1.50 bits per heavy atom. The fourth-order valence-electron chi connectivity index (χ4n) is 2.16. The summed E-state index contributed by atoms with van der Waals surface area (Å²) < 4.78 is 5.05. The van der Waals surface area contributed by atoms with Gasteiger partial charge in [0.2, 0.25) is 5.91 Å². The molecule has 5 heteroatoms. The van der Waals surface area contributed by atoms with E-state index in [1.165, 1.54) is 0 Å². The molecule has 0 spiro atoms. The normalized spacial score (nSPS) is 23.7. The Labute approximate surface area is 112 Å². The predicted molar refractivity (Wildman–Crippen MR) is 70.4 cm³/mol. The largest absolute Gasteiger partial charge is 0.383 e. The molecule has 0 aliphatic carbocycles. The minimum atomic E-state index is -0.175. The van der Waals surface area contributed by atoms with Crippen molar-refractivity contribution in [3.8, 4) is 0 Å². The van der Waals surface area contributed by atoms with Crippen molar-refractivity contribution in [2.75, 3.05) is 20.3 Å². The van der Waals surface area contributed by atoms with Crippen LogP contribution in [0.3, 0.4) is 0 Å². The van der Waals surface area contributed by atoms with Gasteiger partial charge in [-0.05, 0) is 24.6 Å². The van der Waals surface area contributed by atoms with Gasteiger partial charge >= 0.3 is 0 Å². The molecule has 0 radical (unpaired) electrons. The first-order chi connectivity index (χ1) is 8.63. The lowest BCUT2D eigenvalue weighted by atomic mass is 10.1. The zero-order chi connectivity index (χ0) is 13.1. The van der Waals surface area contributed by atoms with E-state index in [0.29, 0.717) is 18.2 Å². The maximum absolute atomic E-state index is 12.1. The van der Waals surface area contributed by atoms with E-state index in [4.69, 9.17) is 16.3 Å². The van der Waals surface area contributed by atoms with Gasteiger partial charge in [-0.3, -0.25) is 10.1 Å². The fraction of sp³-hybridized carbons (Fsp3) is 0.462. The van der Waals surface area contributed by atoms with E-state index >= 15 is 0 Å². The van der Waals surface area contributed by atoms with E-state index in [2.05, 4.69) is 5.32 Å². The van der Waals surface area contributed by atoms with Crippen LogP contribution in [0, 0.1) is 0 Å². The number of hydrogen-bond acceptors (Lipinski definition) is 3. The molecular weight excluding hydrogens is 252 g/mol. The molecule has 0 aromatic heterocycles. The summed E-state index contributed by atoms with van der Waals surface area (Å²) >= 11 is 5.99. The van der Waals surface area contributed by atoms with Gasteiger partial charge in [-0.25, -0.2) is 0 Å². The summed E-state index contributed by atoms with van der Waals surface area (Å²) in [5.41, 5.74) is 0.997. The summed E-state index contributed by atoms with van der Waals surface area (Å²) in [6.45, 7) is 2.97. The second kappa shape index (κ2) is 5.69. The van der Waals surface area contributed by atoms with Crippen LogP contribution in [0.15, 0.2) is 24.3 Å². The molecular formula is C13H17ClN2O2. The second-order valence-electron chi connectivity index (χ2n) is 4.37. The van der Waals surface area contributed by atoms with E-state index in [9.17, 15) is 4.79 Å². The summed E-state index contributed by atoms with van der Waals surface area (Å²) in [5.74, 6) is 0.0945. The SMILES string of the molecule is COCCN1C(=O)C(C)NC1c1cccc(Cl)c1. The van der Waals surface area contributed by atoms with Crippen molar-refractivity contribution in [1.29, 1.82) is 0 Å². The number of hydrogen-bond donors (Lipinski definition) is 1. The number of carbonyl (C=O) groups is 1. The Bertz CT molecular complexity index is 439. The number of nitrogens with zero attached hydrogens (tertiary/aromatic N) is 1. The van der Waals surface area contributed by atoms with Crippen LogP contribution in [-0.4, -0.2) is 37.1 Å². The lowest BCUT2D eigenvalue weighted by Gasteiger charge is -2.24. The lowest BCUT2D eigenvalue weighted by molar-refractivity contribution is -0.130. The van der Waals surface area contributed by atoms with Crippen molar-refractivity contribution < 1.29 is 9.53 Å². The van der Waals surface area contributed by atoms with Crippen LogP contribution in [0.25, 0.3) is 0 Å². The first-order valence-corrected chi connectivity index (χ1v) is 6.32. The third-order valence-electron chi connectivity index (χ3n) is 3.07. The van der Waals surface area contributed by atoms with E-state index in [0.717, 1.165) is 5.56 Å². The monoisotopic (exact) mass is 268 g/mol. The fourth-order valence-corrected chi connectivity index (χ4v) is 2.35. The molecule has 1 aliphatic heterocycles. The summed E-state index contributed by atoms with van der Waals surface area (Å²) in [6, 6.07) is 7.39. The van der Waals surface area contributed by atoms with Gasteiger partial charge in [-0.15, -0.1) is 0 Å². The predicted octanol–water partition coefficient (Wildman–Crippen LogP) is 1.81. The summed E-state index contributed by atoms with van der Waals surface area (Å²) in [5, 5.41) is 3.94. The van der Waals surface area contributed by atoms with Gasteiger partial charge < -0.3 is 9.64 Å². The molecule has 1 fully saturated rings. The Kier molecular flexibility index (Phi) is 4.22. The minimum absolute atomic E-state index is 0.0945. The number of methoxy groups -OCH3 is 1. The molecule has 0 saturated carbocycles. The number of nitrogens with one attached hydrogen (secondary N) is 1. The molecule has 2 rings (SSSR count). The molecule has 18 heavy (non-hydrogen) atoms. The highest BCUT2D eigenvalue weighted by molar-refractivity contribution is 6.30. The van der Waals surface area contributed by atoms with Crippen LogP contribution in [-0.2, 0) is 9.53 Å². The first kappa shape index (κ1) is 13.3. The van der Waals surface area contributed by atoms with Crippen LogP contribution in [0.2, 0.25) is 5.02 Å². The number of carbonyl (C=O) groups excluding carboxylic acids is 1. The van der Waals surface area contributed by atoms with Crippen molar-refractivity contribution in [2.45, 2.75) is 19.1 Å². The second-order valence-corrected chi connectivity index (χ2v) is 4.81. The van der Waals surface area contributed by atoms with Crippen LogP contribution >= 0.6 is 11.6 Å². The smallest absolute Gasteiger partial charge is 0.241 e. The highest BCUT2D eigenvalue weighted by atomic mass is 35.5. The van der Waals surface area contributed by atoms with Gasteiger partial charge in [0.1, 0.15) is 6.17 Å². The minimum Gasteiger partial charge on any atom is -0.383 e. The molecule has 1 aromatic rings. The highest BCUT2D eigenvalue weighted by Gasteiger charge is 2.36. The summed E-state index contributed by atoms with van der Waals surface area (Å²) in [7, 11) is 1.63. The van der Waals surface area contributed by atoms with Crippen molar-refractivity contribution >= 4 is 17.5 Å². The summed E-state index contributed by atoms with van der Waals surface area (Å²) in [4.78, 5) is 13.8. The lowest BCUT2D eigenvalue weighted by Crippen LogP contribution is -2.33. The highest BCUT2D eigenvalue weighted by Crippen LogP contribution is 2.26. The Balaban J connectivity index is 2.22. The topological polar surface area (TPSA) is 41.6 Å². The third kappa shape index (κ3) is 2.66. The number of benzene rings is 1. The Morgan fingerprint density at radius 2 is 2.28 bits per heavy atom. The number of amides is 1. The van der Waals surface area contributed by atoms with Gasteiger partial charge in [0.15, 0.2) is 0 Å². The van der Waals surface area contributed by atoms with E-state index < -0.39 is 0 Å². The zero-order valence-electron chi connectivity index (χ0n) is 10.5. The van der Waals surface area contributed by atoms with Crippen LogP contribution < -0.4 is 5.32 Å². The van der Waals surface area contributed by atoms with Crippen LogP contribution in [0.1, 0.15) is 18.7 Å². The molecule has 1 heterocycles. The quantitative estimate of drug-likeness (QED) is 0.906. The molecule has 98 valence electrons. The van der Waals surface area contributed by atoms with Crippen molar-refractivity contribution in [3.63, 3.8) is 0 Å². The van der Waals surface area contributed by atoms with Crippen molar-refractivity contribution in [2.24, 2.45) is 0 Å². The van der Waals surface area contributed by atoms with Crippen LogP contribution in [0.4, 0.5) is 0 Å². The molecule has 0 bridgehead atoms. The first-order valence-electron chi connectivity index (χ1n) is 5.94. The summed E-state index contributed by atoms with van der Waals surface area (Å²) in [6.07, 6.45) is -0.124. The van der Waals surface area contributed by atoms with E-state index in [-0.39, 0.29) is 18.1 Å². The molecule has 2 unspecified atom stereocenters.